The molecule has 6 unspecified atom stereocenters. The first-order valence-corrected chi connectivity index (χ1v) is 17.5. The van der Waals surface area contributed by atoms with Gasteiger partial charge in [0.25, 0.3) is 0 Å². The maximum atomic E-state index is 14.1. The molecule has 0 radical (unpaired) electrons. The molecule has 4 aliphatic rings. The van der Waals surface area contributed by atoms with Crippen molar-refractivity contribution in [3.63, 3.8) is 0 Å². The number of nitrogens with one attached hydrogen (secondary N) is 4. The molecule has 0 spiro atoms. The smallest absolute Gasteiger partial charge is 0.213 e. The number of pyridine rings is 2. The minimum absolute atomic E-state index is 0.0667. The number of fused-ring (bicyclic) bond motifs is 6. The Morgan fingerprint density at radius 2 is 1.77 bits per heavy atom. The second-order valence-corrected chi connectivity index (χ2v) is 16.1. The van der Waals surface area contributed by atoms with E-state index in [0.29, 0.717) is 17.2 Å². The highest BCUT2D eigenvalue weighted by atomic mass is 32.2. The quantitative estimate of drug-likeness (QED) is 0.238. The molecule has 4 fully saturated rings. The van der Waals surface area contributed by atoms with Crippen LogP contribution in [0.25, 0.3) is 0 Å². The second-order valence-electron chi connectivity index (χ2n) is 15.0. The Labute approximate surface area is 262 Å². The van der Waals surface area contributed by atoms with E-state index in [9.17, 15) is 4.39 Å². The lowest BCUT2D eigenvalue weighted by atomic mass is 9.86. The third kappa shape index (κ3) is 7.45. The summed E-state index contributed by atoms with van der Waals surface area (Å²) in [6, 6.07) is 9.99. The zero-order chi connectivity index (χ0) is 30.2. The van der Waals surface area contributed by atoms with E-state index in [2.05, 4.69) is 77.3 Å². The zero-order valence-corrected chi connectivity index (χ0v) is 27.5. The molecule has 6 rings (SSSR count). The van der Waals surface area contributed by atoms with E-state index in [1.807, 2.05) is 24.2 Å². The van der Waals surface area contributed by atoms with E-state index in [-0.39, 0.29) is 35.4 Å². The van der Waals surface area contributed by atoms with Gasteiger partial charge in [-0.05, 0) is 106 Å². The first-order valence-electron chi connectivity index (χ1n) is 16.6. The largest absolute Gasteiger partial charge is 0.293 e. The molecule has 0 aliphatic carbocycles. The molecule has 4 bridgehead atoms. The Morgan fingerprint density at radius 1 is 0.953 bits per heavy atom. The molecule has 0 aromatic carbocycles. The molecule has 43 heavy (non-hydrogen) atoms. The van der Waals surface area contributed by atoms with Gasteiger partial charge in [-0.3, -0.25) is 30.6 Å². The third-order valence-corrected chi connectivity index (χ3v) is 11.3. The van der Waals surface area contributed by atoms with Gasteiger partial charge in [0.05, 0.1) is 41.2 Å². The molecule has 0 saturated carbocycles. The predicted octanol–water partition coefficient (Wildman–Crippen LogP) is 6.17. The summed E-state index contributed by atoms with van der Waals surface area (Å²) in [6.45, 7) is 13.7. The number of hydrogen-bond donors (Lipinski definition) is 4. The van der Waals surface area contributed by atoms with Gasteiger partial charge in [-0.25, -0.2) is 4.98 Å². The summed E-state index contributed by atoms with van der Waals surface area (Å²) in [4.78, 5) is 11.9. The first kappa shape index (κ1) is 31.4. The van der Waals surface area contributed by atoms with E-state index in [1.165, 1.54) is 36.6 Å². The van der Waals surface area contributed by atoms with Crippen molar-refractivity contribution in [1.29, 1.82) is 0 Å². The van der Waals surface area contributed by atoms with Crippen LogP contribution in [0.1, 0.15) is 115 Å². The monoisotopic (exact) mass is 609 g/mol. The Morgan fingerprint density at radius 3 is 2.58 bits per heavy atom. The predicted molar refractivity (Wildman–Crippen MR) is 174 cm³/mol. The van der Waals surface area contributed by atoms with Gasteiger partial charge in [0, 0.05) is 30.7 Å². The van der Waals surface area contributed by atoms with Gasteiger partial charge in [-0.15, -0.1) is 0 Å². The molecule has 236 valence electrons. The SMILES string of the molecule is CC(C)(C)c1ccnc([C@H]2CC[C@@H]3CN(C4NC(c5cccc(F)n5)CCC4CNSC4CCCC(N4)N2)C(C)(C)C3)c1. The lowest BCUT2D eigenvalue weighted by Crippen LogP contribution is -2.60. The van der Waals surface area contributed by atoms with Crippen LogP contribution in [0.15, 0.2) is 36.5 Å². The summed E-state index contributed by atoms with van der Waals surface area (Å²) in [5, 5.41) is 12.3. The van der Waals surface area contributed by atoms with E-state index < -0.39 is 5.95 Å². The number of piperidine rings is 2. The van der Waals surface area contributed by atoms with Crippen LogP contribution in [0.4, 0.5) is 4.39 Å². The van der Waals surface area contributed by atoms with E-state index in [4.69, 9.17) is 4.98 Å². The Bertz CT molecular complexity index is 1240. The lowest BCUT2D eigenvalue weighted by Gasteiger charge is -2.47. The van der Waals surface area contributed by atoms with Gasteiger partial charge in [0.15, 0.2) is 0 Å². The Hall–Kier alpha value is -1.62. The highest BCUT2D eigenvalue weighted by molar-refractivity contribution is 7.98. The average molecular weight is 610 g/mol. The molecule has 2 aromatic rings. The Balaban J connectivity index is 1.26. The van der Waals surface area contributed by atoms with Crippen molar-refractivity contribution in [3.8, 4) is 0 Å². The van der Waals surface area contributed by atoms with Crippen molar-refractivity contribution in [2.45, 2.75) is 127 Å². The van der Waals surface area contributed by atoms with Crippen LogP contribution in [0, 0.1) is 17.8 Å². The van der Waals surface area contributed by atoms with Crippen LogP contribution in [0.5, 0.6) is 0 Å². The topological polar surface area (TPSA) is 77.1 Å². The van der Waals surface area contributed by atoms with Crippen molar-refractivity contribution in [3.05, 3.63) is 59.4 Å². The van der Waals surface area contributed by atoms with Gasteiger partial charge >= 0.3 is 0 Å². The normalized spacial score (nSPS) is 35.4. The van der Waals surface area contributed by atoms with Crippen LogP contribution >= 0.6 is 11.9 Å². The van der Waals surface area contributed by atoms with Crippen molar-refractivity contribution < 1.29 is 4.39 Å². The number of halogens is 1. The van der Waals surface area contributed by atoms with Crippen LogP contribution in [-0.2, 0) is 5.41 Å². The van der Waals surface area contributed by atoms with Gasteiger partial charge in [-0.2, -0.15) is 4.39 Å². The fourth-order valence-corrected chi connectivity index (χ4v) is 8.94. The maximum Gasteiger partial charge on any atom is 0.213 e. The standard InChI is InChI=1S/C34H52FN7S/c1-33(2,3)24-16-17-36-28(18-24)27-14-12-22-19-34(4,5)42(21-22)32-23(20-37-43-31-11-7-10-30(39-27)41-31)13-15-26(40-32)25-8-6-9-29(35)38-25/h6,8-9,16-18,22-23,26-27,30-32,37,39-41H,7,10-15,19-21H2,1-5H3/t22-,23?,26?,27+,30?,31?,32?/m0/s1. The number of hydrogen-bond acceptors (Lipinski definition) is 8. The highest BCUT2D eigenvalue weighted by Crippen LogP contribution is 2.42. The number of aromatic nitrogens is 2. The number of rotatable bonds is 2. The van der Waals surface area contributed by atoms with E-state index >= 15 is 0 Å². The van der Waals surface area contributed by atoms with Crippen molar-refractivity contribution >= 4 is 11.9 Å². The molecule has 4 N–H and O–H groups in total. The van der Waals surface area contributed by atoms with Gasteiger partial charge < -0.3 is 0 Å². The van der Waals surface area contributed by atoms with Crippen molar-refractivity contribution in [2.75, 3.05) is 13.1 Å². The van der Waals surface area contributed by atoms with Crippen LogP contribution in [0.3, 0.4) is 0 Å². The van der Waals surface area contributed by atoms with Gasteiger partial charge in [-0.1, -0.05) is 38.8 Å². The molecule has 4 saturated heterocycles. The van der Waals surface area contributed by atoms with Crippen LogP contribution < -0.4 is 20.7 Å². The van der Waals surface area contributed by atoms with E-state index in [1.54, 1.807) is 6.07 Å². The second kappa shape index (κ2) is 13.0. The molecule has 0 amide bonds. The van der Waals surface area contributed by atoms with Crippen LogP contribution in [0.2, 0.25) is 0 Å². The molecular formula is C34H52FN7S. The third-order valence-electron chi connectivity index (χ3n) is 10.3. The molecule has 8 atom stereocenters. The first-order chi connectivity index (χ1) is 20.5. The minimum Gasteiger partial charge on any atom is -0.293 e. The van der Waals surface area contributed by atoms with Crippen LogP contribution in [-0.4, -0.2) is 51.2 Å². The molecule has 9 heteroatoms. The molecule has 7 nitrogen and oxygen atoms in total. The molecule has 2 aromatic heterocycles. The Kier molecular flexibility index (Phi) is 9.49. The summed E-state index contributed by atoms with van der Waals surface area (Å²) >= 11 is 1.86. The lowest BCUT2D eigenvalue weighted by molar-refractivity contribution is 0.0223. The number of nitrogens with zero attached hydrogens (tertiary/aromatic N) is 3. The highest BCUT2D eigenvalue weighted by Gasteiger charge is 2.46. The zero-order valence-electron chi connectivity index (χ0n) is 26.7. The van der Waals surface area contributed by atoms with Gasteiger partial charge in [0.1, 0.15) is 0 Å². The molecular weight excluding hydrogens is 557 g/mol. The van der Waals surface area contributed by atoms with Gasteiger partial charge in [0.2, 0.25) is 5.95 Å². The maximum absolute atomic E-state index is 14.1. The fourth-order valence-electron chi connectivity index (χ4n) is 7.92. The summed E-state index contributed by atoms with van der Waals surface area (Å²) in [5.41, 5.74) is 3.50. The van der Waals surface area contributed by atoms with Crippen molar-refractivity contribution in [1.82, 2.24) is 35.5 Å². The summed E-state index contributed by atoms with van der Waals surface area (Å²) in [6.07, 6.45) is 11.5. The minimum atomic E-state index is -0.396. The van der Waals surface area contributed by atoms with Crippen molar-refractivity contribution in [2.24, 2.45) is 11.8 Å². The summed E-state index contributed by atoms with van der Waals surface area (Å²) < 4.78 is 17.9. The summed E-state index contributed by atoms with van der Waals surface area (Å²) in [5.74, 6) is 0.682. The molecule has 6 heterocycles. The van der Waals surface area contributed by atoms with E-state index in [0.717, 1.165) is 50.9 Å². The summed E-state index contributed by atoms with van der Waals surface area (Å²) in [7, 11) is 0. The fraction of sp³-hybridized carbons (Fsp3) is 0.706. The molecule has 4 aliphatic heterocycles. The average Bonchev–Trinajstić information content (AvgIpc) is 3.28.